The maximum absolute atomic E-state index is 11.6. The number of nitriles is 1. The molecule has 1 aromatic heterocycles. The number of ether oxygens (including phenoxy) is 1. The van der Waals surface area contributed by atoms with E-state index in [1.165, 1.54) is 0 Å². The van der Waals surface area contributed by atoms with E-state index in [2.05, 4.69) is 6.07 Å². The number of hydrogen-bond donors (Lipinski definition) is 0. The Morgan fingerprint density at radius 2 is 2.20 bits per heavy atom. The maximum Gasteiger partial charge on any atom is 0.164 e. The molecule has 4 heteroatoms. The van der Waals surface area contributed by atoms with E-state index in [9.17, 15) is 4.79 Å². The zero-order chi connectivity index (χ0) is 14.5. The number of ketones is 1. The van der Waals surface area contributed by atoms with Gasteiger partial charge in [0.05, 0.1) is 12.7 Å². The van der Waals surface area contributed by atoms with Gasteiger partial charge in [0.15, 0.2) is 5.78 Å². The van der Waals surface area contributed by atoms with E-state index in [1.54, 1.807) is 19.2 Å². The second-order valence-electron chi connectivity index (χ2n) is 4.50. The first kappa shape index (κ1) is 13.9. The molecule has 102 valence electrons. The van der Waals surface area contributed by atoms with E-state index in [-0.39, 0.29) is 5.78 Å². The fourth-order valence-corrected chi connectivity index (χ4v) is 2.06. The van der Waals surface area contributed by atoms with Crippen molar-refractivity contribution in [2.24, 2.45) is 0 Å². The third-order valence-electron chi connectivity index (χ3n) is 3.14. The number of carbonyl (C=O) groups is 1. The van der Waals surface area contributed by atoms with Crippen LogP contribution in [0.4, 0.5) is 0 Å². The highest BCUT2D eigenvalue weighted by Gasteiger charge is 2.07. The lowest BCUT2D eigenvalue weighted by Crippen LogP contribution is -1.99. The minimum atomic E-state index is 0.135. The molecule has 20 heavy (non-hydrogen) atoms. The van der Waals surface area contributed by atoms with Crippen LogP contribution in [-0.4, -0.2) is 17.5 Å². The van der Waals surface area contributed by atoms with Crippen molar-refractivity contribution in [1.29, 1.82) is 5.26 Å². The monoisotopic (exact) mass is 268 g/mol. The molecule has 0 aliphatic rings. The van der Waals surface area contributed by atoms with Crippen LogP contribution in [0.15, 0.2) is 36.7 Å². The Morgan fingerprint density at radius 1 is 1.40 bits per heavy atom. The molecule has 2 aromatic rings. The minimum Gasteiger partial charge on any atom is -0.495 e. The highest BCUT2D eigenvalue weighted by atomic mass is 16.5. The van der Waals surface area contributed by atoms with E-state index >= 15 is 0 Å². The molecule has 0 saturated heterocycles. The summed E-state index contributed by atoms with van der Waals surface area (Å²) in [5.41, 5.74) is 2.23. The van der Waals surface area contributed by atoms with Crippen LogP contribution in [0.25, 0.3) is 0 Å². The van der Waals surface area contributed by atoms with Gasteiger partial charge in [-0.1, -0.05) is 13.0 Å². The van der Waals surface area contributed by atoms with E-state index in [1.807, 2.05) is 36.0 Å². The van der Waals surface area contributed by atoms with Gasteiger partial charge in [-0.05, 0) is 23.8 Å². The zero-order valence-corrected chi connectivity index (χ0v) is 11.6. The number of nitrogens with zero attached hydrogens (tertiary/aromatic N) is 2. The van der Waals surface area contributed by atoms with E-state index in [0.717, 1.165) is 11.1 Å². The Balaban J connectivity index is 2.20. The van der Waals surface area contributed by atoms with E-state index in [0.29, 0.717) is 24.3 Å². The first-order valence-electron chi connectivity index (χ1n) is 6.44. The van der Waals surface area contributed by atoms with Crippen LogP contribution in [0.1, 0.15) is 34.8 Å². The second-order valence-corrected chi connectivity index (χ2v) is 4.50. The lowest BCUT2D eigenvalue weighted by Gasteiger charge is -2.07. The normalized spacial score (nSPS) is 10.1. The minimum absolute atomic E-state index is 0.135. The third kappa shape index (κ3) is 2.89. The Morgan fingerprint density at radius 3 is 2.85 bits per heavy atom. The number of Topliss-reactive ketones (excluding diaryl/α,β-unsaturated/α-hetero) is 1. The summed E-state index contributed by atoms with van der Waals surface area (Å²) >= 11 is 0. The summed E-state index contributed by atoms with van der Waals surface area (Å²) in [6, 6.07) is 9.45. The maximum atomic E-state index is 11.6. The van der Waals surface area contributed by atoms with Crippen molar-refractivity contribution in [1.82, 2.24) is 4.57 Å². The fraction of sp³-hybridized carbons (Fsp3) is 0.250. The number of methoxy groups -OCH3 is 1. The van der Waals surface area contributed by atoms with Gasteiger partial charge in [0.1, 0.15) is 11.8 Å². The summed E-state index contributed by atoms with van der Waals surface area (Å²) in [5.74, 6) is 0.710. The molecular formula is C16H16N2O2. The highest BCUT2D eigenvalue weighted by Crippen LogP contribution is 2.19. The van der Waals surface area contributed by atoms with Crippen LogP contribution >= 0.6 is 0 Å². The van der Waals surface area contributed by atoms with Crippen molar-refractivity contribution < 1.29 is 9.53 Å². The van der Waals surface area contributed by atoms with Gasteiger partial charge >= 0.3 is 0 Å². The summed E-state index contributed by atoms with van der Waals surface area (Å²) in [6.45, 7) is 2.47. The molecule has 1 heterocycles. The number of aromatic nitrogens is 1. The number of carbonyl (C=O) groups excluding carboxylic acids is 1. The average molecular weight is 268 g/mol. The predicted octanol–water partition coefficient (Wildman–Crippen LogP) is 3.01. The Hall–Kier alpha value is -2.54. The summed E-state index contributed by atoms with van der Waals surface area (Å²) in [5, 5.41) is 9.07. The van der Waals surface area contributed by atoms with Crippen LogP contribution < -0.4 is 4.74 Å². The number of rotatable bonds is 5. The van der Waals surface area contributed by atoms with Gasteiger partial charge in [0, 0.05) is 30.9 Å². The largest absolute Gasteiger partial charge is 0.495 e. The summed E-state index contributed by atoms with van der Waals surface area (Å²) in [4.78, 5) is 11.6. The molecule has 0 unspecified atom stereocenters. The van der Waals surface area contributed by atoms with Gasteiger partial charge in [0.2, 0.25) is 0 Å². The standard InChI is InChI=1S/C16H16N2O2/c1-3-15(19)13-6-7-18(11-13)10-12-4-5-16(20-2)14(8-12)9-17/h4-8,11H,3,10H2,1-2H3. The lowest BCUT2D eigenvalue weighted by atomic mass is 10.1. The molecule has 0 fully saturated rings. The van der Waals surface area contributed by atoms with Crippen molar-refractivity contribution in [3.63, 3.8) is 0 Å². The van der Waals surface area contributed by atoms with Crippen molar-refractivity contribution in [3.8, 4) is 11.8 Å². The molecule has 1 aromatic carbocycles. The fourth-order valence-electron chi connectivity index (χ4n) is 2.06. The third-order valence-corrected chi connectivity index (χ3v) is 3.14. The van der Waals surface area contributed by atoms with Gasteiger partial charge < -0.3 is 9.30 Å². The zero-order valence-electron chi connectivity index (χ0n) is 11.6. The topological polar surface area (TPSA) is 55.0 Å². The molecule has 4 nitrogen and oxygen atoms in total. The molecule has 0 aliphatic heterocycles. The summed E-state index contributed by atoms with van der Waals surface area (Å²) in [7, 11) is 1.55. The Labute approximate surface area is 118 Å². The molecule has 0 spiro atoms. The second kappa shape index (κ2) is 6.07. The average Bonchev–Trinajstić information content (AvgIpc) is 2.94. The van der Waals surface area contributed by atoms with Crippen molar-refractivity contribution in [2.75, 3.05) is 7.11 Å². The first-order valence-corrected chi connectivity index (χ1v) is 6.44. The van der Waals surface area contributed by atoms with Crippen LogP contribution in [0.5, 0.6) is 5.75 Å². The molecule has 0 saturated carbocycles. The van der Waals surface area contributed by atoms with Crippen LogP contribution in [0, 0.1) is 11.3 Å². The van der Waals surface area contributed by atoms with Gasteiger partial charge in [-0.3, -0.25) is 4.79 Å². The molecule has 0 bridgehead atoms. The predicted molar refractivity (Wildman–Crippen MR) is 75.9 cm³/mol. The Kier molecular flexibility index (Phi) is 4.21. The van der Waals surface area contributed by atoms with Crippen molar-refractivity contribution in [3.05, 3.63) is 53.3 Å². The smallest absolute Gasteiger partial charge is 0.164 e. The Bertz CT molecular complexity index is 665. The molecule has 0 aliphatic carbocycles. The molecule has 0 radical (unpaired) electrons. The van der Waals surface area contributed by atoms with E-state index < -0.39 is 0 Å². The van der Waals surface area contributed by atoms with Crippen LogP contribution in [-0.2, 0) is 6.54 Å². The first-order chi connectivity index (χ1) is 9.67. The lowest BCUT2D eigenvalue weighted by molar-refractivity contribution is 0.0988. The number of hydrogen-bond acceptors (Lipinski definition) is 3. The summed E-state index contributed by atoms with van der Waals surface area (Å²) < 4.78 is 7.05. The number of benzene rings is 1. The summed E-state index contributed by atoms with van der Waals surface area (Å²) in [6.07, 6.45) is 4.21. The highest BCUT2D eigenvalue weighted by molar-refractivity contribution is 5.95. The van der Waals surface area contributed by atoms with Crippen molar-refractivity contribution in [2.45, 2.75) is 19.9 Å². The SMILES string of the molecule is CCC(=O)c1ccn(Cc2ccc(OC)c(C#N)c2)c1. The molecule has 0 amide bonds. The molecule has 2 rings (SSSR count). The van der Waals surface area contributed by atoms with Gasteiger partial charge in [-0.15, -0.1) is 0 Å². The van der Waals surface area contributed by atoms with Crippen LogP contribution in [0.2, 0.25) is 0 Å². The van der Waals surface area contributed by atoms with Gasteiger partial charge in [0.25, 0.3) is 0 Å². The van der Waals surface area contributed by atoms with Gasteiger partial charge in [-0.2, -0.15) is 5.26 Å². The molecule has 0 N–H and O–H groups in total. The van der Waals surface area contributed by atoms with Gasteiger partial charge in [-0.25, -0.2) is 0 Å². The van der Waals surface area contributed by atoms with Crippen LogP contribution in [0.3, 0.4) is 0 Å². The van der Waals surface area contributed by atoms with E-state index in [4.69, 9.17) is 10.00 Å². The molecular weight excluding hydrogens is 252 g/mol. The molecule has 0 atom stereocenters. The quantitative estimate of drug-likeness (QED) is 0.783. The van der Waals surface area contributed by atoms with Crippen molar-refractivity contribution >= 4 is 5.78 Å².